The van der Waals surface area contributed by atoms with Crippen molar-refractivity contribution in [1.82, 2.24) is 19.5 Å². The molecule has 2 aliphatic carbocycles. The highest BCUT2D eigenvalue weighted by Crippen LogP contribution is 2.39. The van der Waals surface area contributed by atoms with Crippen LogP contribution in [0.3, 0.4) is 0 Å². The lowest BCUT2D eigenvalue weighted by Gasteiger charge is -2.19. The summed E-state index contributed by atoms with van der Waals surface area (Å²) in [6.45, 7) is 0.997. The summed E-state index contributed by atoms with van der Waals surface area (Å²) in [7, 11) is 0. The maximum absolute atomic E-state index is 10.8. The van der Waals surface area contributed by atoms with Crippen LogP contribution in [0.2, 0.25) is 0 Å². The van der Waals surface area contributed by atoms with Gasteiger partial charge in [0, 0.05) is 18.1 Å². The molecular formula is C26H30N6O2. The van der Waals surface area contributed by atoms with Gasteiger partial charge in [-0.05, 0) is 73.8 Å². The SMILES string of the molecule is Nc1ncnc2c1ccn2C1CC(CCc2ccc3ccc(NCC4CC4)nc3c2)C(O)C1O. The summed E-state index contributed by atoms with van der Waals surface area (Å²) in [5.74, 6) is 2.14. The molecule has 8 heteroatoms. The van der Waals surface area contributed by atoms with Gasteiger partial charge in [0.25, 0.3) is 0 Å². The summed E-state index contributed by atoms with van der Waals surface area (Å²) in [4.78, 5) is 13.2. The van der Waals surface area contributed by atoms with Gasteiger partial charge in [-0.1, -0.05) is 12.1 Å². The van der Waals surface area contributed by atoms with Gasteiger partial charge in [-0.3, -0.25) is 0 Å². The van der Waals surface area contributed by atoms with Crippen LogP contribution in [0.4, 0.5) is 11.6 Å². The largest absolute Gasteiger partial charge is 0.390 e. The molecule has 2 fully saturated rings. The first-order valence-electron chi connectivity index (χ1n) is 12.1. The number of aliphatic hydroxyl groups is 2. The second-order valence-corrected chi connectivity index (χ2v) is 9.85. The van der Waals surface area contributed by atoms with Crippen molar-refractivity contribution in [3.05, 3.63) is 54.5 Å². The summed E-state index contributed by atoms with van der Waals surface area (Å²) in [5.41, 5.74) is 8.83. The molecule has 8 nitrogen and oxygen atoms in total. The van der Waals surface area contributed by atoms with E-state index in [2.05, 4.69) is 39.6 Å². The van der Waals surface area contributed by atoms with Crippen molar-refractivity contribution in [2.24, 2.45) is 11.8 Å². The molecule has 34 heavy (non-hydrogen) atoms. The number of anilines is 2. The number of rotatable bonds is 7. The first-order chi connectivity index (χ1) is 16.6. The second-order valence-electron chi connectivity index (χ2n) is 9.85. The highest BCUT2D eigenvalue weighted by Gasteiger charge is 2.42. The maximum atomic E-state index is 10.8. The Morgan fingerprint density at radius 1 is 1.06 bits per heavy atom. The zero-order valence-corrected chi connectivity index (χ0v) is 19.0. The number of benzene rings is 1. The summed E-state index contributed by atoms with van der Waals surface area (Å²) < 4.78 is 1.93. The molecule has 0 amide bonds. The van der Waals surface area contributed by atoms with E-state index in [1.165, 1.54) is 24.7 Å². The number of nitrogens with two attached hydrogens (primary N) is 1. The van der Waals surface area contributed by atoms with Crippen molar-refractivity contribution in [2.75, 3.05) is 17.6 Å². The van der Waals surface area contributed by atoms with Crippen LogP contribution < -0.4 is 11.1 Å². The van der Waals surface area contributed by atoms with Crippen LogP contribution in [0.1, 0.15) is 37.3 Å². The zero-order chi connectivity index (χ0) is 23.2. The fraction of sp³-hybridized carbons (Fsp3) is 0.423. The molecule has 2 aliphatic rings. The summed E-state index contributed by atoms with van der Waals surface area (Å²) in [5, 5.41) is 27.0. The Hall–Kier alpha value is -3.23. The number of hydrogen-bond donors (Lipinski definition) is 4. The number of nitrogens with one attached hydrogen (secondary N) is 1. The van der Waals surface area contributed by atoms with E-state index in [-0.39, 0.29) is 12.0 Å². The van der Waals surface area contributed by atoms with Crippen LogP contribution in [0.25, 0.3) is 21.9 Å². The molecule has 1 aromatic carbocycles. The topological polar surface area (TPSA) is 122 Å². The van der Waals surface area contributed by atoms with Gasteiger partial charge in [0.1, 0.15) is 29.7 Å². The Bertz CT molecular complexity index is 1330. The minimum Gasteiger partial charge on any atom is -0.390 e. The second kappa shape index (κ2) is 8.52. The minimum absolute atomic E-state index is 0.00756. The van der Waals surface area contributed by atoms with Gasteiger partial charge in [-0.15, -0.1) is 0 Å². The van der Waals surface area contributed by atoms with Crippen molar-refractivity contribution < 1.29 is 10.2 Å². The molecule has 4 unspecified atom stereocenters. The molecule has 0 radical (unpaired) electrons. The van der Waals surface area contributed by atoms with Gasteiger partial charge < -0.3 is 25.8 Å². The molecule has 3 aromatic heterocycles. The summed E-state index contributed by atoms with van der Waals surface area (Å²) in [6, 6.07) is 12.2. The molecule has 5 N–H and O–H groups in total. The third-order valence-corrected chi connectivity index (χ3v) is 7.50. The molecule has 0 saturated heterocycles. The average Bonchev–Trinajstić information content (AvgIpc) is 3.52. The first-order valence-corrected chi connectivity index (χ1v) is 12.1. The molecule has 0 spiro atoms. The Balaban J connectivity index is 1.15. The number of hydrogen-bond acceptors (Lipinski definition) is 7. The van der Waals surface area contributed by atoms with E-state index in [1.807, 2.05) is 22.9 Å². The molecule has 3 heterocycles. The maximum Gasteiger partial charge on any atom is 0.145 e. The highest BCUT2D eigenvalue weighted by molar-refractivity contribution is 5.86. The van der Waals surface area contributed by atoms with Crippen molar-refractivity contribution in [3.63, 3.8) is 0 Å². The zero-order valence-electron chi connectivity index (χ0n) is 19.0. The Labute approximate surface area is 197 Å². The number of aromatic nitrogens is 4. The normalized spacial score (nSPS) is 24.8. The number of nitrogen functional groups attached to an aromatic ring is 1. The molecule has 0 bridgehead atoms. The quantitative estimate of drug-likeness (QED) is 0.335. The van der Waals surface area contributed by atoms with E-state index in [9.17, 15) is 10.2 Å². The van der Waals surface area contributed by atoms with Crippen molar-refractivity contribution >= 4 is 33.6 Å². The lowest BCUT2D eigenvalue weighted by molar-refractivity contribution is 0.00545. The lowest BCUT2D eigenvalue weighted by Crippen LogP contribution is -2.29. The van der Waals surface area contributed by atoms with Gasteiger partial charge >= 0.3 is 0 Å². The number of aryl methyl sites for hydroxylation is 1. The fourth-order valence-corrected chi connectivity index (χ4v) is 5.26. The van der Waals surface area contributed by atoms with Crippen molar-refractivity contribution in [1.29, 1.82) is 0 Å². The van der Waals surface area contributed by atoms with Gasteiger partial charge in [-0.2, -0.15) is 0 Å². The van der Waals surface area contributed by atoms with Crippen LogP contribution in [-0.4, -0.2) is 48.5 Å². The minimum atomic E-state index is -0.852. The molecule has 176 valence electrons. The third-order valence-electron chi connectivity index (χ3n) is 7.50. The molecule has 0 aliphatic heterocycles. The molecule has 6 rings (SSSR count). The van der Waals surface area contributed by atoms with E-state index >= 15 is 0 Å². The lowest BCUT2D eigenvalue weighted by atomic mass is 9.95. The van der Waals surface area contributed by atoms with Crippen LogP contribution in [-0.2, 0) is 6.42 Å². The van der Waals surface area contributed by atoms with Crippen LogP contribution in [0.5, 0.6) is 0 Å². The van der Waals surface area contributed by atoms with E-state index in [4.69, 9.17) is 10.7 Å². The van der Waals surface area contributed by atoms with Crippen molar-refractivity contribution in [2.45, 2.75) is 50.4 Å². The standard InChI is InChI=1S/C26H30N6O2/c27-25-19-9-10-32(26(19)30-14-29-25)21-12-18(23(33)24(21)34)6-4-15-3-5-17-7-8-22(31-20(17)11-15)28-13-16-1-2-16/h3,5,7-11,14,16,18,21,23-24,33-34H,1-2,4,6,12-13H2,(H,28,31)(H2,27,29,30). The Morgan fingerprint density at radius 2 is 1.91 bits per heavy atom. The number of pyridine rings is 1. The molecular weight excluding hydrogens is 428 g/mol. The molecule has 4 atom stereocenters. The van der Waals surface area contributed by atoms with E-state index < -0.39 is 12.2 Å². The van der Waals surface area contributed by atoms with Gasteiger partial charge in [0.2, 0.25) is 0 Å². The van der Waals surface area contributed by atoms with Crippen LogP contribution in [0, 0.1) is 11.8 Å². The summed E-state index contributed by atoms with van der Waals surface area (Å²) in [6.07, 6.45) is 6.60. The monoisotopic (exact) mass is 458 g/mol. The van der Waals surface area contributed by atoms with Crippen LogP contribution >= 0.6 is 0 Å². The summed E-state index contributed by atoms with van der Waals surface area (Å²) >= 11 is 0. The van der Waals surface area contributed by atoms with E-state index in [1.54, 1.807) is 0 Å². The van der Waals surface area contributed by atoms with E-state index in [0.717, 1.165) is 47.4 Å². The van der Waals surface area contributed by atoms with Crippen LogP contribution in [0.15, 0.2) is 48.9 Å². The van der Waals surface area contributed by atoms with Crippen molar-refractivity contribution in [3.8, 4) is 0 Å². The Morgan fingerprint density at radius 3 is 2.76 bits per heavy atom. The molecule has 2 saturated carbocycles. The Kier molecular flexibility index (Phi) is 5.34. The smallest absolute Gasteiger partial charge is 0.145 e. The number of aliphatic hydroxyl groups excluding tert-OH is 2. The van der Waals surface area contributed by atoms with E-state index in [0.29, 0.717) is 17.9 Å². The number of fused-ring (bicyclic) bond motifs is 2. The fourth-order valence-electron chi connectivity index (χ4n) is 5.26. The predicted octanol–water partition coefficient (Wildman–Crippen LogP) is 3.30. The van der Waals surface area contributed by atoms with Gasteiger partial charge in [-0.25, -0.2) is 15.0 Å². The predicted molar refractivity (Wildman–Crippen MR) is 132 cm³/mol. The number of nitrogens with zero attached hydrogens (tertiary/aromatic N) is 4. The highest BCUT2D eigenvalue weighted by atomic mass is 16.3. The first kappa shape index (κ1) is 21.3. The third kappa shape index (κ3) is 3.97. The average molecular weight is 459 g/mol. The molecule has 4 aromatic rings. The van der Waals surface area contributed by atoms with Gasteiger partial charge in [0.15, 0.2) is 0 Å². The van der Waals surface area contributed by atoms with Gasteiger partial charge in [0.05, 0.1) is 23.0 Å².